The topological polar surface area (TPSA) is 86.6 Å². The maximum atomic E-state index is 12.4. The van der Waals surface area contributed by atoms with Crippen LogP contribution in [-0.2, 0) is 9.59 Å². The third-order valence-electron chi connectivity index (χ3n) is 1.71. The zero-order chi connectivity index (χ0) is 11.9. The zero-order valence-electron chi connectivity index (χ0n) is 8.00. The molecule has 0 unspecified atom stereocenters. The van der Waals surface area contributed by atoms with Crippen LogP contribution >= 0.6 is 0 Å². The highest BCUT2D eigenvalue weighted by Crippen LogP contribution is 2.21. The molecule has 0 aromatic rings. The van der Waals surface area contributed by atoms with Crippen LogP contribution < -0.4 is 5.32 Å². The maximum Gasteiger partial charge on any atom is 0.414 e. The summed E-state index contributed by atoms with van der Waals surface area (Å²) < 4.78 is 24.8. The lowest BCUT2D eigenvalue weighted by molar-refractivity contribution is -0.159. The van der Waals surface area contributed by atoms with Gasteiger partial charge < -0.3 is 15.5 Å². The second-order valence-corrected chi connectivity index (χ2v) is 3.10. The first-order valence-corrected chi connectivity index (χ1v) is 4.40. The minimum absolute atomic E-state index is 0.0556. The highest BCUT2D eigenvalue weighted by molar-refractivity contribution is 6.27. The van der Waals surface area contributed by atoms with Gasteiger partial charge in [0.25, 0.3) is 5.92 Å². The van der Waals surface area contributed by atoms with Crippen molar-refractivity contribution in [2.24, 2.45) is 0 Å². The normalized spacial score (nSPS) is 19.3. The molecule has 0 aliphatic carbocycles. The predicted molar refractivity (Wildman–Crippen MR) is 46.9 cm³/mol. The summed E-state index contributed by atoms with van der Waals surface area (Å²) in [6.07, 6.45) is 1.59. The third-order valence-corrected chi connectivity index (χ3v) is 1.71. The summed E-state index contributed by atoms with van der Waals surface area (Å²) in [5.74, 6) is -6.10. The van der Waals surface area contributed by atoms with Gasteiger partial charge in [0.05, 0.1) is 6.54 Å². The van der Waals surface area contributed by atoms with Crippen LogP contribution in [0.3, 0.4) is 0 Å². The Kier molecular flexibility index (Phi) is 5.76. The third kappa shape index (κ3) is 7.80. The molecule has 15 heavy (non-hydrogen) atoms. The summed E-state index contributed by atoms with van der Waals surface area (Å²) in [7, 11) is 0. The summed E-state index contributed by atoms with van der Waals surface area (Å²) in [4.78, 5) is 18.2. The van der Waals surface area contributed by atoms with Crippen molar-refractivity contribution in [3.8, 4) is 0 Å². The largest absolute Gasteiger partial charge is 0.473 e. The molecule has 0 spiro atoms. The number of nitrogens with one attached hydrogen (secondary N) is 1. The Labute approximate surface area is 85.1 Å². The van der Waals surface area contributed by atoms with E-state index in [0.717, 1.165) is 13.0 Å². The minimum Gasteiger partial charge on any atom is -0.473 e. The molecule has 7 heteroatoms. The summed E-state index contributed by atoms with van der Waals surface area (Å²) in [6.45, 7) is 0.614. The summed E-state index contributed by atoms with van der Waals surface area (Å²) in [6, 6.07) is 0. The lowest BCUT2D eigenvalue weighted by Gasteiger charge is -2.11. The molecule has 1 saturated heterocycles. The molecular weight excluding hydrogens is 212 g/mol. The van der Waals surface area contributed by atoms with E-state index in [0.29, 0.717) is 6.42 Å². The summed E-state index contributed by atoms with van der Waals surface area (Å²) in [5.41, 5.74) is 0. The number of rotatable bonds is 0. The Hall–Kier alpha value is -1.24. The molecular formula is C8H13F2NO4. The molecule has 1 fully saturated rings. The van der Waals surface area contributed by atoms with Gasteiger partial charge in [-0.15, -0.1) is 0 Å². The fraction of sp³-hybridized carbons (Fsp3) is 0.750. The Bertz CT molecular complexity index is 211. The predicted octanol–water partition coefficient (Wildman–Crippen LogP) is 0.551. The van der Waals surface area contributed by atoms with E-state index in [1.807, 2.05) is 0 Å². The van der Waals surface area contributed by atoms with E-state index < -0.39 is 17.9 Å². The molecule has 1 aliphatic rings. The summed E-state index contributed by atoms with van der Waals surface area (Å²) >= 11 is 0. The molecule has 0 aromatic carbocycles. The van der Waals surface area contributed by atoms with Gasteiger partial charge in [0.1, 0.15) is 0 Å². The molecule has 3 N–H and O–H groups in total. The van der Waals surface area contributed by atoms with Crippen LogP contribution in [0.1, 0.15) is 19.3 Å². The number of hydrogen-bond donors (Lipinski definition) is 3. The molecule has 88 valence electrons. The van der Waals surface area contributed by atoms with E-state index in [1.54, 1.807) is 0 Å². The van der Waals surface area contributed by atoms with Gasteiger partial charge in [0, 0.05) is 6.42 Å². The van der Waals surface area contributed by atoms with Crippen molar-refractivity contribution >= 4 is 11.9 Å². The Morgan fingerprint density at radius 2 is 1.67 bits per heavy atom. The van der Waals surface area contributed by atoms with Crippen LogP contribution in [0, 0.1) is 0 Å². The van der Waals surface area contributed by atoms with Gasteiger partial charge in [-0.25, -0.2) is 18.4 Å². The van der Waals surface area contributed by atoms with E-state index in [9.17, 15) is 8.78 Å². The van der Waals surface area contributed by atoms with Gasteiger partial charge in [0.2, 0.25) is 0 Å². The van der Waals surface area contributed by atoms with Crippen molar-refractivity contribution in [2.75, 3.05) is 13.1 Å². The second kappa shape index (κ2) is 6.28. The van der Waals surface area contributed by atoms with E-state index in [4.69, 9.17) is 19.8 Å². The van der Waals surface area contributed by atoms with Crippen LogP contribution in [0.25, 0.3) is 0 Å². The van der Waals surface area contributed by atoms with E-state index in [2.05, 4.69) is 5.32 Å². The Balaban J connectivity index is 0.000000288. The van der Waals surface area contributed by atoms with Gasteiger partial charge in [-0.1, -0.05) is 0 Å². The number of carboxylic acid groups (broad SMARTS) is 2. The Morgan fingerprint density at radius 1 is 1.13 bits per heavy atom. The summed E-state index contributed by atoms with van der Waals surface area (Å²) in [5, 5.41) is 17.5. The number of carboxylic acids is 2. The van der Waals surface area contributed by atoms with Crippen molar-refractivity contribution < 1.29 is 28.6 Å². The monoisotopic (exact) mass is 225 g/mol. The molecule has 0 atom stereocenters. The highest BCUT2D eigenvalue weighted by atomic mass is 19.3. The fourth-order valence-corrected chi connectivity index (χ4v) is 0.993. The van der Waals surface area contributed by atoms with Gasteiger partial charge in [0.15, 0.2) is 0 Å². The average Bonchev–Trinajstić information content (AvgIpc) is 2.29. The lowest BCUT2D eigenvalue weighted by Crippen LogP contribution is -2.30. The molecule has 0 bridgehead atoms. The van der Waals surface area contributed by atoms with Crippen molar-refractivity contribution in [3.63, 3.8) is 0 Å². The number of aliphatic carboxylic acids is 2. The van der Waals surface area contributed by atoms with Gasteiger partial charge in [-0.2, -0.15) is 0 Å². The number of hydrogen-bond acceptors (Lipinski definition) is 3. The number of carbonyl (C=O) groups is 2. The molecule has 0 amide bonds. The lowest BCUT2D eigenvalue weighted by atomic mass is 10.2. The van der Waals surface area contributed by atoms with Gasteiger partial charge >= 0.3 is 11.9 Å². The first-order valence-electron chi connectivity index (χ1n) is 4.40. The van der Waals surface area contributed by atoms with E-state index in [-0.39, 0.29) is 13.0 Å². The first-order chi connectivity index (χ1) is 6.85. The molecule has 1 rings (SSSR count). The smallest absolute Gasteiger partial charge is 0.414 e. The Morgan fingerprint density at radius 3 is 2.13 bits per heavy atom. The molecule has 0 radical (unpaired) electrons. The van der Waals surface area contributed by atoms with Crippen LogP contribution in [0.4, 0.5) is 8.78 Å². The van der Waals surface area contributed by atoms with Crippen molar-refractivity contribution in [1.29, 1.82) is 0 Å². The highest BCUT2D eigenvalue weighted by Gasteiger charge is 2.28. The number of halogens is 2. The maximum absolute atomic E-state index is 12.4. The zero-order valence-corrected chi connectivity index (χ0v) is 8.00. The van der Waals surface area contributed by atoms with Crippen LogP contribution in [0.2, 0.25) is 0 Å². The average molecular weight is 225 g/mol. The minimum atomic E-state index is -2.45. The van der Waals surface area contributed by atoms with Crippen molar-refractivity contribution in [1.82, 2.24) is 5.32 Å². The van der Waals surface area contributed by atoms with Gasteiger partial charge in [-0.3, -0.25) is 0 Å². The molecule has 1 aliphatic heterocycles. The molecule has 0 aromatic heterocycles. The van der Waals surface area contributed by atoms with Crippen LogP contribution in [0.5, 0.6) is 0 Å². The van der Waals surface area contributed by atoms with E-state index in [1.165, 1.54) is 0 Å². The van der Waals surface area contributed by atoms with Gasteiger partial charge in [-0.05, 0) is 19.4 Å². The standard InChI is InChI=1S/C6H11F2N.C2H2O4/c7-6(8)3-1-2-4-9-5-6;3-1(4)2(5)6/h9H,1-5H2;(H,3,4)(H,5,6). The quantitative estimate of drug-likeness (QED) is 0.524. The SMILES string of the molecule is FC1(F)CCCCNC1.O=C(O)C(=O)O. The van der Waals surface area contributed by atoms with Crippen LogP contribution in [-0.4, -0.2) is 41.2 Å². The molecule has 5 nitrogen and oxygen atoms in total. The second-order valence-electron chi connectivity index (χ2n) is 3.10. The first kappa shape index (κ1) is 13.8. The molecule has 0 saturated carbocycles. The van der Waals surface area contributed by atoms with E-state index >= 15 is 0 Å². The fourth-order valence-electron chi connectivity index (χ4n) is 0.993. The van der Waals surface area contributed by atoms with Crippen molar-refractivity contribution in [3.05, 3.63) is 0 Å². The number of alkyl halides is 2. The van der Waals surface area contributed by atoms with Crippen molar-refractivity contribution in [2.45, 2.75) is 25.2 Å². The van der Waals surface area contributed by atoms with Crippen LogP contribution in [0.15, 0.2) is 0 Å². The molecule has 1 heterocycles.